The summed E-state index contributed by atoms with van der Waals surface area (Å²) in [5, 5.41) is 7.19. The summed E-state index contributed by atoms with van der Waals surface area (Å²) >= 11 is 1.97. The van der Waals surface area contributed by atoms with E-state index in [0.29, 0.717) is 20.6 Å². The van der Waals surface area contributed by atoms with E-state index in [-0.39, 0.29) is 11.8 Å². The van der Waals surface area contributed by atoms with Gasteiger partial charge in [-0.2, -0.15) is 5.10 Å². The molecular formula is C19H20FIN4O2. The van der Waals surface area contributed by atoms with Crippen LogP contribution < -0.4 is 10.2 Å². The number of amides is 2. The van der Waals surface area contributed by atoms with Crippen molar-refractivity contribution in [2.75, 3.05) is 4.90 Å². The average molecular weight is 482 g/mol. The fourth-order valence-corrected chi connectivity index (χ4v) is 3.75. The van der Waals surface area contributed by atoms with Gasteiger partial charge in [0.1, 0.15) is 5.82 Å². The summed E-state index contributed by atoms with van der Waals surface area (Å²) in [4.78, 5) is 27.6. The molecular weight excluding hydrogens is 462 g/mol. The number of benzene rings is 1. The Balaban J connectivity index is 2.21. The van der Waals surface area contributed by atoms with E-state index in [9.17, 15) is 14.0 Å². The van der Waals surface area contributed by atoms with E-state index >= 15 is 0 Å². The van der Waals surface area contributed by atoms with Crippen molar-refractivity contribution in [1.29, 1.82) is 0 Å². The summed E-state index contributed by atoms with van der Waals surface area (Å²) in [5.74, 6) is -1.10. The number of carbonyl (C=O) groups is 2. The number of aromatic nitrogens is 2. The minimum atomic E-state index is -0.938. The first-order valence-corrected chi connectivity index (χ1v) is 9.49. The Morgan fingerprint density at radius 3 is 2.63 bits per heavy atom. The Morgan fingerprint density at radius 1 is 1.30 bits per heavy atom. The Morgan fingerprint density at radius 2 is 2.00 bits per heavy atom. The van der Waals surface area contributed by atoms with Gasteiger partial charge >= 0.3 is 0 Å². The van der Waals surface area contributed by atoms with Crippen LogP contribution in [0.25, 0.3) is 5.70 Å². The molecule has 1 unspecified atom stereocenters. The molecule has 1 N–H and O–H groups in total. The lowest BCUT2D eigenvalue weighted by atomic mass is 10.1. The molecule has 2 aromatic rings. The van der Waals surface area contributed by atoms with Crippen molar-refractivity contribution < 1.29 is 14.0 Å². The van der Waals surface area contributed by atoms with Crippen LogP contribution in [0.3, 0.4) is 0 Å². The van der Waals surface area contributed by atoms with Crippen molar-refractivity contribution in [3.63, 3.8) is 0 Å². The lowest BCUT2D eigenvalue weighted by molar-refractivity contribution is -0.126. The van der Waals surface area contributed by atoms with Crippen molar-refractivity contribution in [1.82, 2.24) is 15.1 Å². The molecule has 0 saturated carbocycles. The number of hydrogen-bond acceptors (Lipinski definition) is 3. The monoisotopic (exact) mass is 482 g/mol. The minimum absolute atomic E-state index is 0.333. The van der Waals surface area contributed by atoms with Crippen LogP contribution in [0.15, 0.2) is 36.5 Å². The summed E-state index contributed by atoms with van der Waals surface area (Å²) in [6.45, 7) is 7.37. The standard InChI is InChI=1S/C19H20FIN4O2/c1-11-9-16(26)24(14-6-5-12(20)10-13(14)21)17(15-7-8-22-25(11)15)18(27)23-19(2,3)4/h5-10,17H,1-4H3,(H,23,27). The Kier molecular flexibility index (Phi) is 5.11. The normalized spacial score (nSPS) is 17.3. The molecule has 2 heterocycles. The summed E-state index contributed by atoms with van der Waals surface area (Å²) in [6.07, 6.45) is 3.02. The zero-order chi connectivity index (χ0) is 19.9. The molecule has 27 heavy (non-hydrogen) atoms. The maximum atomic E-state index is 13.6. The first-order valence-electron chi connectivity index (χ1n) is 8.41. The van der Waals surface area contributed by atoms with Crippen molar-refractivity contribution in [2.24, 2.45) is 0 Å². The molecule has 0 bridgehead atoms. The number of rotatable bonds is 2. The molecule has 3 rings (SSSR count). The van der Waals surface area contributed by atoms with Gasteiger partial charge in [0.05, 0.1) is 11.4 Å². The van der Waals surface area contributed by atoms with Gasteiger partial charge in [-0.1, -0.05) is 0 Å². The molecule has 0 aliphatic carbocycles. The third-order valence-corrected chi connectivity index (χ3v) is 4.89. The lowest BCUT2D eigenvalue weighted by Crippen LogP contribution is -2.49. The molecule has 0 fully saturated rings. The topological polar surface area (TPSA) is 67.2 Å². The fraction of sp³-hybridized carbons (Fsp3) is 0.316. The number of nitrogens with zero attached hydrogens (tertiary/aromatic N) is 3. The first-order chi connectivity index (χ1) is 12.6. The van der Waals surface area contributed by atoms with Gasteiger partial charge in [-0.25, -0.2) is 9.07 Å². The smallest absolute Gasteiger partial charge is 0.253 e. The van der Waals surface area contributed by atoms with E-state index < -0.39 is 17.4 Å². The van der Waals surface area contributed by atoms with Gasteiger partial charge in [0, 0.05) is 27.1 Å². The highest BCUT2D eigenvalue weighted by atomic mass is 127. The molecule has 6 nitrogen and oxygen atoms in total. The van der Waals surface area contributed by atoms with Gasteiger partial charge < -0.3 is 5.32 Å². The van der Waals surface area contributed by atoms with Crippen LogP contribution in [-0.2, 0) is 9.59 Å². The van der Waals surface area contributed by atoms with Gasteiger partial charge in [-0.3, -0.25) is 14.5 Å². The molecule has 142 valence electrons. The predicted molar refractivity (Wildman–Crippen MR) is 109 cm³/mol. The van der Waals surface area contributed by atoms with Gasteiger partial charge in [0.25, 0.3) is 5.91 Å². The zero-order valence-corrected chi connectivity index (χ0v) is 17.6. The second-order valence-corrected chi connectivity index (χ2v) is 8.56. The average Bonchev–Trinajstić information content (AvgIpc) is 2.97. The summed E-state index contributed by atoms with van der Waals surface area (Å²) in [6, 6.07) is 4.91. The molecule has 1 aromatic heterocycles. The Hall–Kier alpha value is -2.23. The summed E-state index contributed by atoms with van der Waals surface area (Å²) in [7, 11) is 0. The Bertz CT molecular complexity index is 945. The van der Waals surface area contributed by atoms with Crippen LogP contribution in [0.2, 0.25) is 0 Å². The number of allylic oxidation sites excluding steroid dienone is 1. The number of halogens is 2. The maximum absolute atomic E-state index is 13.6. The molecule has 8 heteroatoms. The van der Waals surface area contributed by atoms with Crippen LogP contribution in [0.5, 0.6) is 0 Å². The first kappa shape index (κ1) is 19.5. The van der Waals surface area contributed by atoms with Gasteiger partial charge in [0.2, 0.25) is 5.91 Å². The number of fused-ring (bicyclic) bond motifs is 1. The van der Waals surface area contributed by atoms with E-state index in [1.165, 1.54) is 29.2 Å². The van der Waals surface area contributed by atoms with E-state index in [1.54, 1.807) is 23.9 Å². The molecule has 1 aliphatic heterocycles. The minimum Gasteiger partial charge on any atom is -0.349 e. The maximum Gasteiger partial charge on any atom is 0.253 e. The number of anilines is 1. The van der Waals surface area contributed by atoms with Gasteiger partial charge in [0.15, 0.2) is 6.04 Å². The third kappa shape index (κ3) is 3.90. The third-order valence-electron chi connectivity index (χ3n) is 4.03. The van der Waals surface area contributed by atoms with E-state index in [0.717, 1.165) is 0 Å². The van der Waals surface area contributed by atoms with Crippen LogP contribution in [-0.4, -0.2) is 27.1 Å². The molecule has 0 spiro atoms. The van der Waals surface area contributed by atoms with Crippen LogP contribution in [0.1, 0.15) is 39.4 Å². The second kappa shape index (κ2) is 7.06. The molecule has 2 amide bonds. The SMILES string of the molecule is CC1=CC(=O)N(c2ccc(F)cc2I)C(C(=O)NC(C)(C)C)c2ccnn21. The fourth-order valence-electron chi connectivity index (χ4n) is 3.01. The van der Waals surface area contributed by atoms with Crippen LogP contribution >= 0.6 is 22.6 Å². The molecule has 1 aliphatic rings. The number of hydrogen-bond donors (Lipinski definition) is 1. The van der Waals surface area contributed by atoms with Crippen molar-refractivity contribution in [3.05, 3.63) is 51.6 Å². The van der Waals surface area contributed by atoms with Gasteiger partial charge in [-0.15, -0.1) is 0 Å². The molecule has 0 saturated heterocycles. The number of carbonyl (C=O) groups excluding carboxylic acids is 2. The quantitative estimate of drug-likeness (QED) is 0.667. The Labute approximate surface area is 170 Å². The van der Waals surface area contributed by atoms with Crippen molar-refractivity contribution in [2.45, 2.75) is 39.3 Å². The zero-order valence-electron chi connectivity index (χ0n) is 15.5. The van der Waals surface area contributed by atoms with Gasteiger partial charge in [-0.05, 0) is 74.6 Å². The highest BCUT2D eigenvalue weighted by Crippen LogP contribution is 2.35. The van der Waals surface area contributed by atoms with Crippen molar-refractivity contribution >= 4 is 45.8 Å². The molecule has 1 atom stereocenters. The van der Waals surface area contributed by atoms with Crippen LogP contribution in [0.4, 0.5) is 10.1 Å². The summed E-state index contributed by atoms with van der Waals surface area (Å²) in [5.41, 5.74) is 1.15. The highest BCUT2D eigenvalue weighted by Gasteiger charge is 2.38. The van der Waals surface area contributed by atoms with E-state index in [2.05, 4.69) is 10.4 Å². The highest BCUT2D eigenvalue weighted by molar-refractivity contribution is 14.1. The predicted octanol–water partition coefficient (Wildman–Crippen LogP) is 3.49. The van der Waals surface area contributed by atoms with Crippen LogP contribution in [0, 0.1) is 9.39 Å². The molecule has 0 radical (unpaired) electrons. The van der Waals surface area contributed by atoms with E-state index in [1.807, 2.05) is 43.4 Å². The molecule has 1 aromatic carbocycles. The second-order valence-electron chi connectivity index (χ2n) is 7.40. The largest absolute Gasteiger partial charge is 0.349 e. The summed E-state index contributed by atoms with van der Waals surface area (Å²) < 4.78 is 15.7. The van der Waals surface area contributed by atoms with E-state index in [4.69, 9.17) is 0 Å². The lowest BCUT2D eigenvalue weighted by Gasteiger charge is -2.32. The number of nitrogens with one attached hydrogen (secondary N) is 1. The van der Waals surface area contributed by atoms with Crippen molar-refractivity contribution in [3.8, 4) is 0 Å².